The van der Waals surface area contributed by atoms with Gasteiger partial charge in [0.1, 0.15) is 6.26 Å². The second-order valence-corrected chi connectivity index (χ2v) is 3.68. The fourth-order valence-electron chi connectivity index (χ4n) is 1.55. The van der Waals surface area contributed by atoms with Gasteiger partial charge in [0.05, 0.1) is 12.3 Å². The zero-order chi connectivity index (χ0) is 10.5. The van der Waals surface area contributed by atoms with Crippen molar-refractivity contribution < 1.29 is 13.9 Å². The van der Waals surface area contributed by atoms with Crippen LogP contribution in [0.5, 0.6) is 6.08 Å². The molecule has 1 fully saturated rings. The fraction of sp³-hybridized carbons (Fsp3) is 0.700. The SMILES string of the molecule is NCc1coc(OCC2CCOCC2)n1. The van der Waals surface area contributed by atoms with Crippen molar-refractivity contribution in [2.24, 2.45) is 11.7 Å². The standard InChI is InChI=1S/C10H16N2O3/c11-5-9-7-15-10(12-9)14-6-8-1-3-13-4-2-8/h7-8H,1-6,11H2. The quantitative estimate of drug-likeness (QED) is 0.804. The molecular weight excluding hydrogens is 196 g/mol. The van der Waals surface area contributed by atoms with Gasteiger partial charge in [0, 0.05) is 19.8 Å². The van der Waals surface area contributed by atoms with Gasteiger partial charge in [0.2, 0.25) is 0 Å². The molecule has 0 atom stereocenters. The number of rotatable bonds is 4. The van der Waals surface area contributed by atoms with E-state index in [1.165, 1.54) is 6.26 Å². The van der Waals surface area contributed by atoms with E-state index in [9.17, 15) is 0 Å². The third-order valence-electron chi connectivity index (χ3n) is 2.52. The summed E-state index contributed by atoms with van der Waals surface area (Å²) >= 11 is 0. The highest BCUT2D eigenvalue weighted by atomic mass is 16.6. The lowest BCUT2D eigenvalue weighted by Crippen LogP contribution is -2.21. The molecule has 1 aliphatic rings. The van der Waals surface area contributed by atoms with Crippen LogP contribution in [-0.4, -0.2) is 24.8 Å². The van der Waals surface area contributed by atoms with Crippen molar-refractivity contribution in [2.45, 2.75) is 19.4 Å². The lowest BCUT2D eigenvalue weighted by molar-refractivity contribution is 0.0445. The molecule has 0 unspecified atom stereocenters. The average molecular weight is 212 g/mol. The Morgan fingerprint density at radius 2 is 2.27 bits per heavy atom. The minimum absolute atomic E-state index is 0.321. The highest BCUT2D eigenvalue weighted by Crippen LogP contribution is 2.17. The van der Waals surface area contributed by atoms with E-state index in [0.717, 1.165) is 31.7 Å². The monoisotopic (exact) mass is 212 g/mol. The molecule has 2 heterocycles. The van der Waals surface area contributed by atoms with Crippen LogP contribution in [0, 0.1) is 5.92 Å². The van der Waals surface area contributed by atoms with E-state index < -0.39 is 0 Å². The molecule has 1 aliphatic heterocycles. The molecule has 1 aromatic heterocycles. The van der Waals surface area contributed by atoms with Crippen LogP contribution in [-0.2, 0) is 11.3 Å². The average Bonchev–Trinajstić information content (AvgIpc) is 2.76. The second kappa shape index (κ2) is 5.14. The van der Waals surface area contributed by atoms with Gasteiger partial charge in [-0.15, -0.1) is 0 Å². The summed E-state index contributed by atoms with van der Waals surface area (Å²) in [4.78, 5) is 4.07. The molecule has 0 saturated carbocycles. The molecule has 2 N–H and O–H groups in total. The number of nitrogens with zero attached hydrogens (tertiary/aromatic N) is 1. The maximum atomic E-state index is 5.44. The number of ether oxygens (including phenoxy) is 2. The minimum Gasteiger partial charge on any atom is -0.450 e. The van der Waals surface area contributed by atoms with Gasteiger partial charge < -0.3 is 19.6 Å². The van der Waals surface area contributed by atoms with E-state index in [1.807, 2.05) is 0 Å². The molecule has 2 rings (SSSR count). The summed E-state index contributed by atoms with van der Waals surface area (Å²) in [6.45, 7) is 2.68. The Morgan fingerprint density at radius 3 is 2.93 bits per heavy atom. The highest BCUT2D eigenvalue weighted by Gasteiger charge is 2.15. The maximum absolute atomic E-state index is 5.44. The zero-order valence-corrected chi connectivity index (χ0v) is 8.65. The van der Waals surface area contributed by atoms with Crippen LogP contribution in [0.25, 0.3) is 0 Å². The Labute approximate surface area is 88.6 Å². The number of aromatic nitrogens is 1. The lowest BCUT2D eigenvalue weighted by atomic mass is 10.0. The molecule has 0 radical (unpaired) electrons. The number of nitrogens with two attached hydrogens (primary N) is 1. The van der Waals surface area contributed by atoms with Crippen LogP contribution in [0.15, 0.2) is 10.7 Å². The Kier molecular flexibility index (Phi) is 3.58. The van der Waals surface area contributed by atoms with Crippen LogP contribution in [0.1, 0.15) is 18.5 Å². The van der Waals surface area contributed by atoms with E-state index in [0.29, 0.717) is 25.1 Å². The van der Waals surface area contributed by atoms with E-state index >= 15 is 0 Å². The molecule has 5 nitrogen and oxygen atoms in total. The van der Waals surface area contributed by atoms with Crippen LogP contribution >= 0.6 is 0 Å². The summed E-state index contributed by atoms with van der Waals surface area (Å²) in [5.74, 6) is 0.548. The highest BCUT2D eigenvalue weighted by molar-refractivity contribution is 4.98. The van der Waals surface area contributed by atoms with E-state index in [2.05, 4.69) is 4.98 Å². The second-order valence-electron chi connectivity index (χ2n) is 3.68. The summed E-state index contributed by atoms with van der Waals surface area (Å²) in [7, 11) is 0. The molecule has 0 bridgehead atoms. The minimum atomic E-state index is 0.321. The number of hydrogen-bond acceptors (Lipinski definition) is 5. The first-order chi connectivity index (χ1) is 7.38. The first kappa shape index (κ1) is 10.4. The Balaban J connectivity index is 1.76. The van der Waals surface area contributed by atoms with Crippen LogP contribution in [0.2, 0.25) is 0 Å². The van der Waals surface area contributed by atoms with Crippen molar-refractivity contribution in [2.75, 3.05) is 19.8 Å². The van der Waals surface area contributed by atoms with Crippen molar-refractivity contribution in [3.05, 3.63) is 12.0 Å². The van der Waals surface area contributed by atoms with Crippen LogP contribution < -0.4 is 10.5 Å². The van der Waals surface area contributed by atoms with Gasteiger partial charge in [-0.1, -0.05) is 0 Å². The van der Waals surface area contributed by atoms with Gasteiger partial charge in [0.15, 0.2) is 0 Å². The molecule has 0 aliphatic carbocycles. The predicted octanol–water partition coefficient (Wildman–Crippen LogP) is 0.939. The number of hydrogen-bond donors (Lipinski definition) is 1. The summed E-state index contributed by atoms with van der Waals surface area (Å²) in [5, 5.41) is 0. The molecule has 0 aromatic carbocycles. The van der Waals surface area contributed by atoms with Gasteiger partial charge in [-0.05, 0) is 18.8 Å². The Hall–Kier alpha value is -1.07. The summed E-state index contributed by atoms with van der Waals surface area (Å²) in [6.07, 6.45) is 3.94. The third kappa shape index (κ3) is 2.94. The maximum Gasteiger partial charge on any atom is 0.393 e. The van der Waals surface area contributed by atoms with E-state index in [1.54, 1.807) is 0 Å². The van der Waals surface area contributed by atoms with Gasteiger partial charge in [-0.2, -0.15) is 4.98 Å². The molecule has 15 heavy (non-hydrogen) atoms. The van der Waals surface area contributed by atoms with E-state index in [-0.39, 0.29) is 0 Å². The molecular formula is C10H16N2O3. The summed E-state index contributed by atoms with van der Waals surface area (Å²) in [5.41, 5.74) is 6.13. The van der Waals surface area contributed by atoms with Gasteiger partial charge >= 0.3 is 6.08 Å². The Bertz CT molecular complexity index is 295. The largest absolute Gasteiger partial charge is 0.450 e. The normalized spacial score (nSPS) is 17.9. The van der Waals surface area contributed by atoms with Crippen LogP contribution in [0.3, 0.4) is 0 Å². The first-order valence-corrected chi connectivity index (χ1v) is 5.23. The third-order valence-corrected chi connectivity index (χ3v) is 2.52. The van der Waals surface area contributed by atoms with Gasteiger partial charge in [0.25, 0.3) is 0 Å². The molecule has 1 aromatic rings. The lowest BCUT2D eigenvalue weighted by Gasteiger charge is -2.20. The molecule has 0 spiro atoms. The molecule has 5 heteroatoms. The molecule has 0 amide bonds. The van der Waals surface area contributed by atoms with E-state index in [4.69, 9.17) is 19.6 Å². The van der Waals surface area contributed by atoms with Crippen LogP contribution in [0.4, 0.5) is 0 Å². The smallest absolute Gasteiger partial charge is 0.393 e. The fourth-order valence-corrected chi connectivity index (χ4v) is 1.55. The zero-order valence-electron chi connectivity index (χ0n) is 8.65. The Morgan fingerprint density at radius 1 is 1.47 bits per heavy atom. The van der Waals surface area contributed by atoms with Crippen molar-refractivity contribution in [1.29, 1.82) is 0 Å². The molecule has 84 valence electrons. The van der Waals surface area contributed by atoms with Crippen molar-refractivity contribution in [3.8, 4) is 6.08 Å². The van der Waals surface area contributed by atoms with Gasteiger partial charge in [-0.3, -0.25) is 0 Å². The summed E-state index contributed by atoms with van der Waals surface area (Å²) < 4.78 is 15.8. The predicted molar refractivity (Wildman–Crippen MR) is 53.4 cm³/mol. The molecule has 1 saturated heterocycles. The topological polar surface area (TPSA) is 70.5 Å². The van der Waals surface area contributed by atoms with Crippen molar-refractivity contribution in [1.82, 2.24) is 4.98 Å². The summed E-state index contributed by atoms with van der Waals surface area (Å²) in [6, 6.07) is 0. The number of oxazole rings is 1. The first-order valence-electron chi connectivity index (χ1n) is 5.23. The van der Waals surface area contributed by atoms with Crippen molar-refractivity contribution in [3.63, 3.8) is 0 Å². The van der Waals surface area contributed by atoms with Gasteiger partial charge in [-0.25, -0.2) is 0 Å². The van der Waals surface area contributed by atoms with Crippen molar-refractivity contribution >= 4 is 0 Å².